The minimum absolute atomic E-state index is 0.00507. The highest BCUT2D eigenvalue weighted by Gasteiger charge is 2.12. The van der Waals surface area contributed by atoms with Crippen LogP contribution in [0, 0.1) is 10.1 Å². The third-order valence-corrected chi connectivity index (χ3v) is 3.31. The van der Waals surface area contributed by atoms with Gasteiger partial charge in [0.2, 0.25) is 5.91 Å². The van der Waals surface area contributed by atoms with Crippen LogP contribution in [-0.4, -0.2) is 16.7 Å². The maximum absolute atomic E-state index is 11.9. The van der Waals surface area contributed by atoms with E-state index in [9.17, 15) is 19.7 Å². The molecule has 0 fully saturated rings. The van der Waals surface area contributed by atoms with E-state index in [4.69, 9.17) is 11.6 Å². The average molecular weight is 334 g/mol. The molecule has 118 valence electrons. The Morgan fingerprint density at radius 1 is 1.09 bits per heavy atom. The van der Waals surface area contributed by atoms with Crippen LogP contribution in [0.3, 0.4) is 0 Å². The van der Waals surface area contributed by atoms with Crippen molar-refractivity contribution >= 4 is 29.1 Å². The molecule has 0 atom stereocenters. The first kappa shape index (κ1) is 16.4. The fourth-order valence-corrected chi connectivity index (χ4v) is 2.02. The van der Waals surface area contributed by atoms with Crippen molar-refractivity contribution in [2.45, 2.75) is 6.42 Å². The van der Waals surface area contributed by atoms with Crippen LogP contribution in [0.25, 0.3) is 0 Å². The van der Waals surface area contributed by atoms with E-state index in [1.807, 2.05) is 0 Å². The molecule has 2 rings (SSSR count). The number of rotatable bonds is 4. The Morgan fingerprint density at radius 3 is 2.52 bits per heavy atom. The number of carbonyl (C=O) groups excluding carboxylic acids is 2. The van der Waals surface area contributed by atoms with Crippen LogP contribution in [0.1, 0.15) is 15.9 Å². The van der Waals surface area contributed by atoms with Crippen molar-refractivity contribution in [2.75, 3.05) is 0 Å². The summed E-state index contributed by atoms with van der Waals surface area (Å²) in [5, 5.41) is 11.1. The van der Waals surface area contributed by atoms with Gasteiger partial charge in [-0.1, -0.05) is 35.9 Å². The van der Waals surface area contributed by atoms with Gasteiger partial charge in [-0.25, -0.2) is 0 Å². The molecule has 2 aromatic carbocycles. The van der Waals surface area contributed by atoms with Gasteiger partial charge in [-0.05, 0) is 17.7 Å². The lowest BCUT2D eigenvalue weighted by Gasteiger charge is -2.08. The molecule has 0 aromatic heterocycles. The van der Waals surface area contributed by atoms with Crippen molar-refractivity contribution < 1.29 is 14.5 Å². The zero-order valence-corrected chi connectivity index (χ0v) is 12.5. The van der Waals surface area contributed by atoms with Gasteiger partial charge in [0.1, 0.15) is 0 Å². The van der Waals surface area contributed by atoms with Crippen LogP contribution >= 0.6 is 11.6 Å². The van der Waals surface area contributed by atoms with Crippen molar-refractivity contribution in [3.05, 3.63) is 74.8 Å². The fraction of sp³-hybridized carbons (Fsp3) is 0.0667. The molecule has 0 radical (unpaired) electrons. The van der Waals surface area contributed by atoms with E-state index in [-0.39, 0.29) is 17.7 Å². The zero-order chi connectivity index (χ0) is 16.8. The fourth-order valence-electron chi connectivity index (χ4n) is 1.82. The molecule has 0 heterocycles. The van der Waals surface area contributed by atoms with E-state index in [0.717, 1.165) is 6.07 Å². The second kappa shape index (κ2) is 7.37. The molecule has 0 saturated heterocycles. The molecular weight excluding hydrogens is 322 g/mol. The summed E-state index contributed by atoms with van der Waals surface area (Å²) in [4.78, 5) is 33.7. The first-order valence-electron chi connectivity index (χ1n) is 6.54. The van der Waals surface area contributed by atoms with Crippen LogP contribution < -0.4 is 10.9 Å². The average Bonchev–Trinajstić information content (AvgIpc) is 2.55. The number of nitro benzene ring substituents is 1. The summed E-state index contributed by atoms with van der Waals surface area (Å²) >= 11 is 5.94. The number of nitrogens with zero attached hydrogens (tertiary/aromatic N) is 1. The van der Waals surface area contributed by atoms with Crippen LogP contribution in [0.4, 0.5) is 5.69 Å². The molecule has 0 aliphatic rings. The zero-order valence-electron chi connectivity index (χ0n) is 11.8. The summed E-state index contributed by atoms with van der Waals surface area (Å²) in [6, 6.07) is 12.0. The molecule has 0 bridgehead atoms. The lowest BCUT2D eigenvalue weighted by Crippen LogP contribution is -2.42. The van der Waals surface area contributed by atoms with Gasteiger partial charge in [0, 0.05) is 22.7 Å². The molecule has 2 N–H and O–H groups in total. The topological polar surface area (TPSA) is 101 Å². The predicted molar refractivity (Wildman–Crippen MR) is 83.9 cm³/mol. The molecule has 2 amide bonds. The molecule has 0 aliphatic carbocycles. The lowest BCUT2D eigenvalue weighted by atomic mass is 10.1. The minimum atomic E-state index is -0.652. The van der Waals surface area contributed by atoms with Gasteiger partial charge in [-0.3, -0.25) is 30.6 Å². The Balaban J connectivity index is 1.94. The number of hydrogen-bond donors (Lipinski definition) is 2. The summed E-state index contributed by atoms with van der Waals surface area (Å²) in [6.45, 7) is 0. The van der Waals surface area contributed by atoms with Crippen LogP contribution in [0.15, 0.2) is 48.5 Å². The second-order valence-corrected chi connectivity index (χ2v) is 4.99. The van der Waals surface area contributed by atoms with Crippen molar-refractivity contribution in [3.63, 3.8) is 0 Å². The summed E-state index contributed by atoms with van der Waals surface area (Å²) < 4.78 is 0. The number of hydrazine groups is 1. The molecule has 23 heavy (non-hydrogen) atoms. The first-order valence-corrected chi connectivity index (χ1v) is 6.92. The number of nitro groups is 1. The number of carbonyl (C=O) groups is 2. The van der Waals surface area contributed by atoms with Gasteiger partial charge in [-0.15, -0.1) is 0 Å². The van der Waals surface area contributed by atoms with Crippen molar-refractivity contribution in [1.82, 2.24) is 10.9 Å². The molecule has 0 saturated carbocycles. The summed E-state index contributed by atoms with van der Waals surface area (Å²) in [6.07, 6.45) is -0.00507. The molecule has 8 heteroatoms. The smallest absolute Gasteiger partial charge is 0.270 e. The standard InChI is InChI=1S/C15H12ClN3O4/c16-13-7-2-1-4-10(13)9-14(20)17-18-15(21)11-5-3-6-12(8-11)19(22)23/h1-8H,9H2,(H,17,20)(H,18,21). The van der Waals surface area contributed by atoms with Gasteiger partial charge < -0.3 is 0 Å². The number of benzene rings is 2. The summed E-state index contributed by atoms with van der Waals surface area (Å²) in [5.41, 5.74) is 4.92. The maximum Gasteiger partial charge on any atom is 0.270 e. The number of nitrogens with one attached hydrogen (secondary N) is 2. The monoisotopic (exact) mass is 333 g/mol. The van der Waals surface area contributed by atoms with Crippen LogP contribution in [-0.2, 0) is 11.2 Å². The van der Waals surface area contributed by atoms with Gasteiger partial charge in [0.05, 0.1) is 11.3 Å². The van der Waals surface area contributed by atoms with Crippen molar-refractivity contribution in [3.8, 4) is 0 Å². The van der Waals surface area contributed by atoms with Gasteiger partial charge >= 0.3 is 0 Å². The normalized spacial score (nSPS) is 9.96. The molecule has 0 unspecified atom stereocenters. The van der Waals surface area contributed by atoms with Crippen molar-refractivity contribution in [1.29, 1.82) is 0 Å². The summed E-state index contributed by atoms with van der Waals surface area (Å²) in [7, 11) is 0. The highest BCUT2D eigenvalue weighted by atomic mass is 35.5. The SMILES string of the molecule is O=C(Cc1ccccc1Cl)NNC(=O)c1cccc([N+](=O)[O-])c1. The van der Waals surface area contributed by atoms with Gasteiger partial charge in [-0.2, -0.15) is 0 Å². The summed E-state index contributed by atoms with van der Waals surface area (Å²) in [5.74, 6) is -1.11. The Labute approximate surface area is 136 Å². The maximum atomic E-state index is 11.9. The molecule has 2 aromatic rings. The van der Waals surface area contributed by atoms with Crippen molar-refractivity contribution in [2.24, 2.45) is 0 Å². The van der Waals surface area contributed by atoms with E-state index in [1.165, 1.54) is 18.2 Å². The second-order valence-electron chi connectivity index (χ2n) is 4.58. The van der Waals surface area contributed by atoms with E-state index in [0.29, 0.717) is 10.6 Å². The lowest BCUT2D eigenvalue weighted by molar-refractivity contribution is -0.384. The minimum Gasteiger partial charge on any atom is -0.273 e. The highest BCUT2D eigenvalue weighted by molar-refractivity contribution is 6.31. The van der Waals surface area contributed by atoms with E-state index in [1.54, 1.807) is 24.3 Å². The van der Waals surface area contributed by atoms with E-state index < -0.39 is 16.7 Å². The first-order chi connectivity index (χ1) is 11.0. The van der Waals surface area contributed by atoms with E-state index >= 15 is 0 Å². The molecule has 7 nitrogen and oxygen atoms in total. The number of halogens is 1. The highest BCUT2D eigenvalue weighted by Crippen LogP contribution is 2.15. The van der Waals surface area contributed by atoms with Crippen LogP contribution in [0.2, 0.25) is 5.02 Å². The van der Waals surface area contributed by atoms with Gasteiger partial charge in [0.15, 0.2) is 0 Å². The molecule has 0 aliphatic heterocycles. The van der Waals surface area contributed by atoms with Gasteiger partial charge in [0.25, 0.3) is 11.6 Å². The van der Waals surface area contributed by atoms with E-state index in [2.05, 4.69) is 10.9 Å². The third kappa shape index (κ3) is 4.52. The molecule has 0 spiro atoms. The van der Waals surface area contributed by atoms with Crippen LogP contribution in [0.5, 0.6) is 0 Å². The Hall–Kier alpha value is -2.93. The Bertz CT molecular complexity index is 764. The number of hydrogen-bond acceptors (Lipinski definition) is 4. The Kier molecular flexibility index (Phi) is 5.27. The number of non-ortho nitro benzene ring substituents is 1. The largest absolute Gasteiger partial charge is 0.273 e. The molecular formula is C15H12ClN3O4. The number of amides is 2. The quantitative estimate of drug-likeness (QED) is 0.661. The predicted octanol–water partition coefficient (Wildman–Crippen LogP) is 2.25. The third-order valence-electron chi connectivity index (χ3n) is 2.94. The Morgan fingerprint density at radius 2 is 1.83 bits per heavy atom.